The molecule has 4 aliphatic rings. The first-order valence-corrected chi connectivity index (χ1v) is 23.0. The summed E-state index contributed by atoms with van der Waals surface area (Å²) in [4.78, 5) is 0. The molecule has 11 aromatic rings. The lowest BCUT2D eigenvalue weighted by molar-refractivity contribution is 0.746. The maximum absolute atomic E-state index is 2.75. The molecule has 0 bridgehead atoms. The van der Waals surface area contributed by atoms with Crippen LogP contribution in [0.3, 0.4) is 0 Å². The van der Waals surface area contributed by atoms with Gasteiger partial charge in [0.1, 0.15) is 0 Å². The van der Waals surface area contributed by atoms with E-state index in [0.717, 1.165) is 0 Å². The number of hydrogen-bond acceptors (Lipinski definition) is 0. The van der Waals surface area contributed by atoms with Crippen LogP contribution in [0.1, 0.15) is 55.6 Å². The van der Waals surface area contributed by atoms with E-state index in [1.54, 1.807) is 0 Å². The third kappa shape index (κ3) is 3.99. The molecule has 15 rings (SSSR count). The maximum atomic E-state index is 2.75. The predicted molar refractivity (Wildman–Crippen MR) is 270 cm³/mol. The molecular formula is C61H43BN2. The quantitative estimate of drug-likeness (QED) is 0.154. The van der Waals surface area contributed by atoms with Crippen LogP contribution in [0, 0.1) is 41.5 Å². The van der Waals surface area contributed by atoms with Crippen molar-refractivity contribution in [1.82, 2.24) is 9.13 Å². The van der Waals surface area contributed by atoms with Gasteiger partial charge in [-0.05, 0) is 137 Å². The largest absolute Gasteiger partial charge is 0.310 e. The molecule has 300 valence electrons. The fourth-order valence-corrected chi connectivity index (χ4v) is 13.4. The molecule has 1 aliphatic carbocycles. The Morgan fingerprint density at radius 1 is 0.406 bits per heavy atom. The Morgan fingerprint density at radius 3 is 1.72 bits per heavy atom. The summed E-state index contributed by atoms with van der Waals surface area (Å²) in [5, 5.41) is 6.64. The summed E-state index contributed by atoms with van der Waals surface area (Å²) in [6, 6.07) is 59.8. The second-order valence-electron chi connectivity index (χ2n) is 19.7. The van der Waals surface area contributed by atoms with Gasteiger partial charge in [-0.2, -0.15) is 0 Å². The molecule has 0 saturated heterocycles. The van der Waals surface area contributed by atoms with Crippen LogP contribution in [0.4, 0.5) is 0 Å². The van der Waals surface area contributed by atoms with Gasteiger partial charge in [-0.25, -0.2) is 0 Å². The van der Waals surface area contributed by atoms with E-state index < -0.39 is 5.41 Å². The van der Waals surface area contributed by atoms with E-state index in [4.69, 9.17) is 0 Å². The number of aryl methyl sites for hydroxylation is 6. The lowest BCUT2D eigenvalue weighted by atomic mass is 9.33. The normalized spacial score (nSPS) is 14.2. The van der Waals surface area contributed by atoms with Gasteiger partial charge in [-0.15, -0.1) is 0 Å². The minimum absolute atomic E-state index is 0.00644. The summed E-state index contributed by atoms with van der Waals surface area (Å²) in [7, 11) is 0. The Hall–Kier alpha value is -7.36. The van der Waals surface area contributed by atoms with Gasteiger partial charge >= 0.3 is 0 Å². The first-order chi connectivity index (χ1) is 31.2. The molecule has 3 aliphatic heterocycles. The van der Waals surface area contributed by atoms with Crippen LogP contribution in [0.5, 0.6) is 0 Å². The van der Waals surface area contributed by atoms with Crippen LogP contribution in [-0.4, -0.2) is 15.8 Å². The zero-order chi connectivity index (χ0) is 42.7. The highest BCUT2D eigenvalue weighted by atomic mass is 15.1. The van der Waals surface area contributed by atoms with E-state index in [1.165, 1.54) is 160 Å². The van der Waals surface area contributed by atoms with E-state index in [0.29, 0.717) is 0 Å². The number of nitrogens with zero attached hydrogens (tertiary/aromatic N) is 2. The summed E-state index contributed by atoms with van der Waals surface area (Å²) in [5.74, 6) is 0. The van der Waals surface area contributed by atoms with Gasteiger partial charge in [0.05, 0.1) is 22.1 Å². The zero-order valence-electron chi connectivity index (χ0n) is 36.9. The highest BCUT2D eigenvalue weighted by Gasteiger charge is 2.54. The minimum Gasteiger partial charge on any atom is -0.310 e. The molecule has 0 amide bonds. The summed E-state index contributed by atoms with van der Waals surface area (Å²) in [6.07, 6.45) is 0. The fourth-order valence-electron chi connectivity index (χ4n) is 13.4. The molecule has 0 saturated carbocycles. The van der Waals surface area contributed by atoms with Gasteiger partial charge in [-0.1, -0.05) is 161 Å². The average molecular weight is 815 g/mol. The molecule has 3 heteroatoms. The third-order valence-electron chi connectivity index (χ3n) is 15.8. The number of rotatable bonds is 2. The number of benzene rings is 9. The van der Waals surface area contributed by atoms with Crippen molar-refractivity contribution in [2.24, 2.45) is 0 Å². The van der Waals surface area contributed by atoms with Crippen molar-refractivity contribution in [3.63, 3.8) is 0 Å². The van der Waals surface area contributed by atoms with Crippen molar-refractivity contribution >= 4 is 66.6 Å². The first-order valence-electron chi connectivity index (χ1n) is 23.0. The Balaban J connectivity index is 1.22. The van der Waals surface area contributed by atoms with Gasteiger partial charge in [-0.3, -0.25) is 0 Å². The molecule has 1 spiro atoms. The predicted octanol–water partition coefficient (Wildman–Crippen LogP) is 12.9. The zero-order valence-corrected chi connectivity index (χ0v) is 36.9. The van der Waals surface area contributed by atoms with Crippen LogP contribution in [0.25, 0.3) is 88.4 Å². The SMILES string of the molecule is Cc1ccc(-c2c(-c3ccc(C)cc3)n3c4c(c5ccccc5cc24)B2c4c-3ccc3c4-n4c5c2cc(C)cc5c2cc(C)cc(c24)C32c3cc(C)ccc3-c3ccc(C)cc32)cc1. The highest BCUT2D eigenvalue weighted by molar-refractivity contribution is 7.01. The van der Waals surface area contributed by atoms with Crippen molar-refractivity contribution in [3.8, 4) is 44.9 Å². The standard InChI is InChI=1S/C61H43BN2/c1-32-11-17-38(18-12-32)53-46-31-40-9-7-8-10-41(40)54-59(46)63(56(53)39-19-13-33(2)14-20-39)52-24-23-47-60-55(52)62(54)51-30-37(6)26-45-44-25-36(5)29-50(57(44)64(60)58(45)51)61(47)48-27-34(3)15-21-42(48)43-22-16-35(4)28-49(43)61/h7-31H,1-6H3. The van der Waals surface area contributed by atoms with E-state index in [2.05, 4.69) is 202 Å². The van der Waals surface area contributed by atoms with E-state index in [9.17, 15) is 0 Å². The monoisotopic (exact) mass is 814 g/mol. The van der Waals surface area contributed by atoms with Gasteiger partial charge in [0, 0.05) is 38.6 Å². The smallest absolute Gasteiger partial charge is 0.253 e. The molecule has 5 heterocycles. The van der Waals surface area contributed by atoms with Gasteiger partial charge in [0.25, 0.3) is 6.71 Å². The lowest BCUT2D eigenvalue weighted by Crippen LogP contribution is -2.60. The minimum atomic E-state index is -0.517. The van der Waals surface area contributed by atoms with Crippen molar-refractivity contribution in [1.29, 1.82) is 0 Å². The fraction of sp³-hybridized carbons (Fsp3) is 0.115. The van der Waals surface area contributed by atoms with Crippen LogP contribution in [-0.2, 0) is 5.41 Å². The van der Waals surface area contributed by atoms with Crippen LogP contribution in [0.2, 0.25) is 0 Å². The highest BCUT2D eigenvalue weighted by Crippen LogP contribution is 2.62. The van der Waals surface area contributed by atoms with Gasteiger partial charge < -0.3 is 9.13 Å². The van der Waals surface area contributed by atoms with E-state index in [1.807, 2.05) is 0 Å². The second kappa shape index (κ2) is 11.6. The number of fused-ring (bicyclic) bond motifs is 13. The van der Waals surface area contributed by atoms with Crippen LogP contribution < -0.4 is 16.4 Å². The topological polar surface area (TPSA) is 9.86 Å². The van der Waals surface area contributed by atoms with Crippen molar-refractivity contribution in [3.05, 3.63) is 207 Å². The number of hydrogen-bond donors (Lipinski definition) is 0. The molecule has 0 unspecified atom stereocenters. The van der Waals surface area contributed by atoms with Crippen molar-refractivity contribution in [2.75, 3.05) is 0 Å². The van der Waals surface area contributed by atoms with Gasteiger partial charge in [0.15, 0.2) is 0 Å². The molecule has 64 heavy (non-hydrogen) atoms. The van der Waals surface area contributed by atoms with Crippen LogP contribution >= 0.6 is 0 Å². The maximum Gasteiger partial charge on any atom is 0.253 e. The molecule has 0 atom stereocenters. The molecule has 2 nitrogen and oxygen atoms in total. The summed E-state index contributed by atoms with van der Waals surface area (Å²) >= 11 is 0. The summed E-state index contributed by atoms with van der Waals surface area (Å²) < 4.78 is 5.45. The Morgan fingerprint density at radius 2 is 1.02 bits per heavy atom. The van der Waals surface area contributed by atoms with Crippen LogP contribution in [0.15, 0.2) is 152 Å². The van der Waals surface area contributed by atoms with Crippen molar-refractivity contribution in [2.45, 2.75) is 47.0 Å². The lowest BCUT2D eigenvalue weighted by Gasteiger charge is -2.44. The third-order valence-corrected chi connectivity index (χ3v) is 15.8. The Kier molecular flexibility index (Phi) is 6.37. The molecule has 0 radical (unpaired) electrons. The average Bonchev–Trinajstić information content (AvgIpc) is 3.90. The first kappa shape index (κ1) is 35.1. The summed E-state index contributed by atoms with van der Waals surface area (Å²) in [5.41, 5.74) is 31.5. The molecule has 9 aromatic carbocycles. The number of aromatic nitrogens is 2. The Bertz CT molecular complexity index is 3950. The summed E-state index contributed by atoms with van der Waals surface area (Å²) in [6.45, 7) is 13.6. The molecular weight excluding hydrogens is 771 g/mol. The van der Waals surface area contributed by atoms with E-state index in [-0.39, 0.29) is 6.71 Å². The second-order valence-corrected chi connectivity index (χ2v) is 19.7. The molecule has 0 N–H and O–H groups in total. The van der Waals surface area contributed by atoms with Crippen molar-refractivity contribution < 1.29 is 0 Å². The molecule has 2 aromatic heterocycles. The van der Waals surface area contributed by atoms with Gasteiger partial charge in [0.2, 0.25) is 0 Å². The molecule has 0 fully saturated rings. The Labute approximate surface area is 373 Å². The van der Waals surface area contributed by atoms with E-state index >= 15 is 0 Å².